The Morgan fingerprint density at radius 1 is 0.951 bits per heavy atom. The molecule has 1 heterocycles. The van der Waals surface area contributed by atoms with Crippen LogP contribution in [-0.4, -0.2) is 68.9 Å². The van der Waals surface area contributed by atoms with Crippen LogP contribution in [0.15, 0.2) is 84.9 Å². The number of hydrogen-bond acceptors (Lipinski definition) is 5. The summed E-state index contributed by atoms with van der Waals surface area (Å²) in [5.74, 6) is 0.354. The first-order valence-corrected chi connectivity index (χ1v) is 15.7. The number of carbonyl (C=O) groups is 1. The van der Waals surface area contributed by atoms with Gasteiger partial charge in [-0.05, 0) is 48.9 Å². The molecule has 0 bridgehead atoms. The fraction of sp³-hybridized carbons (Fsp3) is 0.406. The molecule has 3 aromatic carbocycles. The summed E-state index contributed by atoms with van der Waals surface area (Å²) in [4.78, 5) is 13.2. The highest BCUT2D eigenvalue weighted by molar-refractivity contribution is 7.86. The molecule has 1 amide bonds. The predicted molar refractivity (Wildman–Crippen MR) is 159 cm³/mol. The number of nitrogens with one attached hydrogen (secondary N) is 1. The minimum atomic E-state index is -3.69. The fourth-order valence-electron chi connectivity index (χ4n) is 6.07. The van der Waals surface area contributed by atoms with Gasteiger partial charge >= 0.3 is 0 Å². The van der Waals surface area contributed by atoms with Crippen molar-refractivity contribution in [3.05, 3.63) is 102 Å². The maximum Gasteiger partial charge on any atom is 0.282 e. The topological polar surface area (TPSA) is 88.2 Å². The van der Waals surface area contributed by atoms with Crippen LogP contribution in [0.4, 0.5) is 0 Å². The summed E-state index contributed by atoms with van der Waals surface area (Å²) < 4.78 is 42.1. The summed E-state index contributed by atoms with van der Waals surface area (Å²) in [5.41, 5.74) is 2.31. The lowest BCUT2D eigenvalue weighted by Crippen LogP contribution is -2.54. The Morgan fingerprint density at radius 3 is 2.22 bits per heavy atom. The molecule has 0 aromatic heterocycles. The lowest BCUT2D eigenvalue weighted by atomic mass is 9.68. The van der Waals surface area contributed by atoms with E-state index in [1.54, 1.807) is 27.9 Å². The molecule has 3 aromatic rings. The van der Waals surface area contributed by atoms with E-state index in [1.807, 2.05) is 60.7 Å². The van der Waals surface area contributed by atoms with E-state index >= 15 is 0 Å². The lowest BCUT2D eigenvalue weighted by Gasteiger charge is -2.44. The van der Waals surface area contributed by atoms with E-state index in [9.17, 15) is 13.2 Å². The molecule has 1 N–H and O–H groups in total. The fourth-order valence-corrected chi connectivity index (χ4v) is 7.87. The number of carbonyl (C=O) groups excluding carboxylic acids is 1. The average molecular weight is 578 g/mol. The minimum Gasteiger partial charge on any atom is -0.496 e. The second kappa shape index (κ2) is 13.2. The van der Waals surface area contributed by atoms with Gasteiger partial charge in [-0.3, -0.25) is 4.79 Å². The van der Waals surface area contributed by atoms with Gasteiger partial charge in [-0.25, -0.2) is 0 Å². The molecule has 9 heteroatoms. The third-order valence-corrected chi connectivity index (χ3v) is 10.5. The number of ether oxygens (including phenoxy) is 2. The SMILES string of the molecule is COc1ccccc1C(=O)NC[C@]1(c2ccccc2)CC[C@@H](N(Cc2ccccc2)S(=O)(=O)N2CCOCC2)CC1. The van der Waals surface area contributed by atoms with Crippen LogP contribution in [0.2, 0.25) is 0 Å². The first-order valence-electron chi connectivity index (χ1n) is 14.3. The molecule has 2 fully saturated rings. The molecule has 5 rings (SSSR count). The van der Waals surface area contributed by atoms with Gasteiger partial charge in [-0.1, -0.05) is 72.8 Å². The molecule has 1 saturated heterocycles. The van der Waals surface area contributed by atoms with E-state index in [4.69, 9.17) is 9.47 Å². The van der Waals surface area contributed by atoms with Crippen LogP contribution in [-0.2, 0) is 26.9 Å². The van der Waals surface area contributed by atoms with Crippen LogP contribution in [0, 0.1) is 0 Å². The van der Waals surface area contributed by atoms with Gasteiger partial charge in [0.15, 0.2) is 0 Å². The Bertz CT molecular complexity index is 1390. The summed E-state index contributed by atoms with van der Waals surface area (Å²) in [7, 11) is -2.13. The van der Waals surface area contributed by atoms with Crippen LogP contribution in [0.25, 0.3) is 0 Å². The van der Waals surface area contributed by atoms with Crippen molar-refractivity contribution in [1.29, 1.82) is 0 Å². The molecule has 0 radical (unpaired) electrons. The van der Waals surface area contributed by atoms with Crippen molar-refractivity contribution in [3.63, 3.8) is 0 Å². The zero-order valence-electron chi connectivity index (χ0n) is 23.6. The highest BCUT2D eigenvalue weighted by Gasteiger charge is 2.43. The highest BCUT2D eigenvalue weighted by atomic mass is 32.2. The second-order valence-corrected chi connectivity index (χ2v) is 12.7. The molecule has 1 aliphatic carbocycles. The van der Waals surface area contributed by atoms with Crippen molar-refractivity contribution >= 4 is 16.1 Å². The van der Waals surface area contributed by atoms with Crippen LogP contribution >= 0.6 is 0 Å². The van der Waals surface area contributed by atoms with Crippen LogP contribution in [0.3, 0.4) is 0 Å². The van der Waals surface area contributed by atoms with Crippen LogP contribution in [0.1, 0.15) is 47.2 Å². The Kier molecular flexibility index (Phi) is 9.39. The van der Waals surface area contributed by atoms with Crippen LogP contribution in [0.5, 0.6) is 5.75 Å². The van der Waals surface area contributed by atoms with Gasteiger partial charge in [0.05, 0.1) is 25.9 Å². The first kappa shape index (κ1) is 29.3. The normalized spacial score (nSPS) is 21.9. The Labute approximate surface area is 243 Å². The second-order valence-electron chi connectivity index (χ2n) is 10.8. The van der Waals surface area contributed by atoms with E-state index in [2.05, 4.69) is 17.4 Å². The molecule has 8 nitrogen and oxygen atoms in total. The third-order valence-electron chi connectivity index (χ3n) is 8.42. The quantitative estimate of drug-likeness (QED) is 0.386. The number of para-hydroxylation sites is 1. The molecular formula is C32H39N3O5S. The van der Waals surface area contributed by atoms with E-state index in [0.717, 1.165) is 24.0 Å². The number of hydrogen-bond donors (Lipinski definition) is 1. The number of methoxy groups -OCH3 is 1. The van der Waals surface area contributed by atoms with E-state index < -0.39 is 10.2 Å². The van der Waals surface area contributed by atoms with Crippen molar-refractivity contribution in [2.24, 2.45) is 0 Å². The summed E-state index contributed by atoms with van der Waals surface area (Å²) in [6, 6.07) is 27.1. The number of rotatable bonds is 10. The lowest BCUT2D eigenvalue weighted by molar-refractivity contribution is 0.0674. The number of benzene rings is 3. The van der Waals surface area contributed by atoms with Gasteiger partial charge in [0.25, 0.3) is 16.1 Å². The maximum absolute atomic E-state index is 14.0. The molecule has 41 heavy (non-hydrogen) atoms. The largest absolute Gasteiger partial charge is 0.496 e. The molecular weight excluding hydrogens is 538 g/mol. The Hall–Kier alpha value is -3.24. The molecule has 218 valence electrons. The van der Waals surface area contributed by atoms with Gasteiger partial charge in [-0.15, -0.1) is 0 Å². The monoisotopic (exact) mass is 577 g/mol. The average Bonchev–Trinajstić information content (AvgIpc) is 3.04. The van der Waals surface area contributed by atoms with Crippen molar-refractivity contribution in [2.75, 3.05) is 40.0 Å². The van der Waals surface area contributed by atoms with Gasteiger partial charge < -0.3 is 14.8 Å². The van der Waals surface area contributed by atoms with Crippen molar-refractivity contribution in [2.45, 2.75) is 43.7 Å². The molecule has 0 unspecified atom stereocenters. The Balaban J connectivity index is 1.38. The van der Waals surface area contributed by atoms with E-state index in [0.29, 0.717) is 63.5 Å². The summed E-state index contributed by atoms with van der Waals surface area (Å²) in [5, 5.41) is 3.18. The zero-order chi connectivity index (χ0) is 28.7. The summed E-state index contributed by atoms with van der Waals surface area (Å²) in [6.07, 6.45) is 2.88. The molecule has 0 spiro atoms. The smallest absolute Gasteiger partial charge is 0.282 e. The zero-order valence-corrected chi connectivity index (χ0v) is 24.4. The van der Waals surface area contributed by atoms with Gasteiger partial charge in [0.1, 0.15) is 5.75 Å². The highest BCUT2D eigenvalue weighted by Crippen LogP contribution is 2.42. The van der Waals surface area contributed by atoms with E-state index in [-0.39, 0.29) is 17.4 Å². The standard InChI is InChI=1S/C32H39N3O5S/c1-39-30-15-9-8-14-29(30)31(36)33-25-32(27-12-6-3-7-13-27)18-16-28(17-19-32)35(24-26-10-4-2-5-11-26)41(37,38)34-20-22-40-23-21-34/h2-15,28H,16-25H2,1H3,(H,33,36)/t28-,32+. The first-order chi connectivity index (χ1) is 19.9. The molecule has 1 aliphatic heterocycles. The number of nitrogens with zero attached hydrogens (tertiary/aromatic N) is 2. The summed E-state index contributed by atoms with van der Waals surface area (Å²) >= 11 is 0. The van der Waals surface area contributed by atoms with Crippen molar-refractivity contribution in [3.8, 4) is 5.75 Å². The number of amides is 1. The Morgan fingerprint density at radius 2 is 1.56 bits per heavy atom. The maximum atomic E-state index is 14.0. The van der Waals surface area contributed by atoms with Crippen molar-refractivity contribution < 1.29 is 22.7 Å². The third kappa shape index (κ3) is 6.64. The molecule has 0 atom stereocenters. The van der Waals surface area contributed by atoms with Gasteiger partial charge in [0, 0.05) is 37.6 Å². The minimum absolute atomic E-state index is 0.148. The van der Waals surface area contributed by atoms with Crippen molar-refractivity contribution in [1.82, 2.24) is 13.9 Å². The van der Waals surface area contributed by atoms with Gasteiger partial charge in [0.2, 0.25) is 0 Å². The molecule has 2 aliphatic rings. The summed E-state index contributed by atoms with van der Waals surface area (Å²) in [6.45, 7) is 2.33. The van der Waals surface area contributed by atoms with Crippen LogP contribution < -0.4 is 10.1 Å². The number of morpholine rings is 1. The van der Waals surface area contributed by atoms with Gasteiger partial charge in [-0.2, -0.15) is 17.0 Å². The van der Waals surface area contributed by atoms with E-state index in [1.165, 1.54) is 0 Å². The predicted octanol–water partition coefficient (Wildman–Crippen LogP) is 4.38. The molecule has 1 saturated carbocycles.